The van der Waals surface area contributed by atoms with Crippen LogP contribution in [-0.2, 0) is 9.53 Å². The van der Waals surface area contributed by atoms with Crippen LogP contribution in [0.15, 0.2) is 30.3 Å². The Labute approximate surface area is 118 Å². The monoisotopic (exact) mass is 278 g/mol. The summed E-state index contributed by atoms with van der Waals surface area (Å²) in [5.74, 6) is -0.112. The van der Waals surface area contributed by atoms with Gasteiger partial charge in [0.15, 0.2) is 0 Å². The lowest BCUT2D eigenvalue weighted by Gasteiger charge is -2.43. The van der Waals surface area contributed by atoms with Crippen molar-refractivity contribution in [3.8, 4) is 0 Å². The highest BCUT2D eigenvalue weighted by Gasteiger charge is 2.43. The summed E-state index contributed by atoms with van der Waals surface area (Å²) >= 11 is 0. The number of carbonyl (C=O) groups is 1. The molecule has 1 aromatic rings. The fourth-order valence-electron chi connectivity index (χ4n) is 2.25. The molecule has 1 aromatic carbocycles. The van der Waals surface area contributed by atoms with E-state index >= 15 is 0 Å². The van der Waals surface area contributed by atoms with Gasteiger partial charge in [0, 0.05) is 6.42 Å². The lowest BCUT2D eigenvalue weighted by molar-refractivity contribution is -0.140. The van der Waals surface area contributed by atoms with Gasteiger partial charge in [0.2, 0.25) is 0 Å². The number of rotatable bonds is 4. The van der Waals surface area contributed by atoms with Gasteiger partial charge in [-0.05, 0) is 16.1 Å². The van der Waals surface area contributed by atoms with Gasteiger partial charge in [-0.1, -0.05) is 64.2 Å². The number of hydrogen-bond donors (Lipinski definition) is 0. The van der Waals surface area contributed by atoms with Crippen molar-refractivity contribution >= 4 is 14.0 Å². The van der Waals surface area contributed by atoms with Gasteiger partial charge in [-0.15, -0.1) is 0 Å². The molecule has 3 heteroatoms. The van der Waals surface area contributed by atoms with E-state index in [0.717, 1.165) is 0 Å². The minimum atomic E-state index is -1.66. The van der Waals surface area contributed by atoms with E-state index in [1.807, 2.05) is 18.2 Å². The Bertz CT molecular complexity index is 418. The minimum absolute atomic E-state index is 0.112. The molecule has 0 saturated carbocycles. The quantitative estimate of drug-likeness (QED) is 0.603. The van der Waals surface area contributed by atoms with Crippen LogP contribution in [0.4, 0.5) is 0 Å². The molecule has 0 aliphatic carbocycles. The van der Waals surface area contributed by atoms with Crippen molar-refractivity contribution in [3.63, 3.8) is 0 Å². The molecule has 0 spiro atoms. The highest BCUT2D eigenvalue weighted by molar-refractivity contribution is 6.81. The SMILES string of the molecule is COC(=O)CC(c1ccccc1)[Si](C)(C)C(C)(C)C. The van der Waals surface area contributed by atoms with E-state index in [1.165, 1.54) is 12.7 Å². The van der Waals surface area contributed by atoms with Crippen molar-refractivity contribution in [2.45, 2.75) is 50.9 Å². The van der Waals surface area contributed by atoms with Crippen molar-refractivity contribution in [1.29, 1.82) is 0 Å². The molecule has 1 rings (SSSR count). The molecule has 0 heterocycles. The van der Waals surface area contributed by atoms with Gasteiger partial charge in [-0.25, -0.2) is 0 Å². The minimum Gasteiger partial charge on any atom is -0.469 e. The van der Waals surface area contributed by atoms with Crippen LogP contribution in [0.25, 0.3) is 0 Å². The third kappa shape index (κ3) is 3.69. The van der Waals surface area contributed by atoms with Gasteiger partial charge < -0.3 is 4.74 Å². The molecule has 0 fully saturated rings. The number of methoxy groups -OCH3 is 1. The zero-order valence-electron chi connectivity index (χ0n) is 13.0. The smallest absolute Gasteiger partial charge is 0.305 e. The molecule has 19 heavy (non-hydrogen) atoms. The van der Waals surface area contributed by atoms with Gasteiger partial charge in [-0.2, -0.15) is 0 Å². The average Bonchev–Trinajstić information content (AvgIpc) is 2.35. The molecule has 0 bridgehead atoms. The van der Waals surface area contributed by atoms with Crippen LogP contribution in [0, 0.1) is 0 Å². The van der Waals surface area contributed by atoms with Gasteiger partial charge in [-0.3, -0.25) is 4.79 Å². The summed E-state index contributed by atoms with van der Waals surface area (Å²) in [5, 5.41) is 0.238. The summed E-state index contributed by atoms with van der Waals surface area (Å²) in [5.41, 5.74) is 1.56. The first-order valence-corrected chi connectivity index (χ1v) is 9.89. The fraction of sp³-hybridized carbons (Fsp3) is 0.562. The van der Waals surface area contributed by atoms with E-state index in [4.69, 9.17) is 4.74 Å². The zero-order chi connectivity index (χ0) is 14.7. The Morgan fingerprint density at radius 1 is 1.21 bits per heavy atom. The zero-order valence-corrected chi connectivity index (χ0v) is 14.0. The predicted octanol–water partition coefficient (Wildman–Crippen LogP) is 4.38. The van der Waals surface area contributed by atoms with Crippen molar-refractivity contribution in [1.82, 2.24) is 0 Å². The lowest BCUT2D eigenvalue weighted by Crippen LogP contribution is -2.45. The Hall–Kier alpha value is -1.09. The first-order valence-electron chi connectivity index (χ1n) is 6.82. The molecular formula is C16H26O2Si. The Morgan fingerprint density at radius 2 is 1.74 bits per heavy atom. The van der Waals surface area contributed by atoms with E-state index in [0.29, 0.717) is 12.0 Å². The number of carbonyl (C=O) groups excluding carboxylic acids is 1. The maximum Gasteiger partial charge on any atom is 0.305 e. The normalized spacial score (nSPS) is 14.0. The van der Waals surface area contributed by atoms with E-state index < -0.39 is 8.07 Å². The summed E-state index contributed by atoms with van der Waals surface area (Å²) in [6.07, 6.45) is 0.483. The maximum absolute atomic E-state index is 11.8. The lowest BCUT2D eigenvalue weighted by atomic mass is 10.1. The molecule has 2 nitrogen and oxygen atoms in total. The molecule has 0 N–H and O–H groups in total. The average molecular weight is 278 g/mol. The summed E-state index contributed by atoms with van der Waals surface area (Å²) < 4.78 is 4.89. The molecule has 106 valence electrons. The van der Waals surface area contributed by atoms with Crippen LogP contribution < -0.4 is 0 Å². The topological polar surface area (TPSA) is 26.3 Å². The maximum atomic E-state index is 11.8. The largest absolute Gasteiger partial charge is 0.469 e. The molecule has 0 amide bonds. The molecular weight excluding hydrogens is 252 g/mol. The number of esters is 1. The molecule has 1 unspecified atom stereocenters. The predicted molar refractivity (Wildman–Crippen MR) is 83.0 cm³/mol. The molecule has 0 aromatic heterocycles. The first kappa shape index (κ1) is 16.0. The Kier molecular flexibility index (Phi) is 4.96. The molecule has 0 aliphatic rings. The number of benzene rings is 1. The van der Waals surface area contributed by atoms with Crippen molar-refractivity contribution in [2.24, 2.45) is 0 Å². The molecule has 0 aliphatic heterocycles. The van der Waals surface area contributed by atoms with E-state index in [1.54, 1.807) is 0 Å². The second-order valence-electron chi connectivity index (χ2n) is 6.72. The summed E-state index contributed by atoms with van der Waals surface area (Å²) in [7, 11) is -0.187. The standard InChI is InChI=1S/C16H26O2Si/c1-16(2,3)19(5,6)14(12-15(17)18-4)13-10-8-7-9-11-13/h7-11,14H,12H2,1-6H3. The Balaban J connectivity index is 3.17. The van der Waals surface area contributed by atoms with Gasteiger partial charge in [0.1, 0.15) is 0 Å². The van der Waals surface area contributed by atoms with Crippen LogP contribution in [-0.4, -0.2) is 21.2 Å². The second kappa shape index (κ2) is 5.91. The van der Waals surface area contributed by atoms with E-state index in [2.05, 4.69) is 46.0 Å². The van der Waals surface area contributed by atoms with Gasteiger partial charge >= 0.3 is 5.97 Å². The van der Waals surface area contributed by atoms with Gasteiger partial charge in [0.25, 0.3) is 0 Å². The number of hydrogen-bond acceptors (Lipinski definition) is 2. The van der Waals surface area contributed by atoms with Gasteiger partial charge in [0.05, 0.1) is 15.2 Å². The third-order valence-corrected chi connectivity index (χ3v) is 10.8. The fourth-order valence-corrected chi connectivity index (χ4v) is 5.00. The molecule has 0 radical (unpaired) electrons. The van der Waals surface area contributed by atoms with Crippen molar-refractivity contribution in [3.05, 3.63) is 35.9 Å². The Morgan fingerprint density at radius 3 is 2.16 bits per heavy atom. The van der Waals surface area contributed by atoms with Crippen LogP contribution in [0.1, 0.15) is 38.3 Å². The highest BCUT2D eigenvalue weighted by atomic mass is 28.3. The van der Waals surface area contributed by atoms with Crippen LogP contribution >= 0.6 is 0 Å². The second-order valence-corrected chi connectivity index (χ2v) is 12.4. The molecule has 1 atom stereocenters. The third-order valence-electron chi connectivity index (χ3n) is 4.60. The summed E-state index contributed by atoms with van der Waals surface area (Å²) in [6, 6.07) is 10.4. The summed E-state index contributed by atoms with van der Waals surface area (Å²) in [6.45, 7) is 11.6. The van der Waals surface area contributed by atoms with Crippen molar-refractivity contribution < 1.29 is 9.53 Å². The highest BCUT2D eigenvalue weighted by Crippen LogP contribution is 2.46. The van der Waals surface area contributed by atoms with Crippen LogP contribution in [0.2, 0.25) is 18.1 Å². The number of ether oxygens (including phenoxy) is 1. The van der Waals surface area contributed by atoms with E-state index in [9.17, 15) is 4.79 Å². The van der Waals surface area contributed by atoms with Crippen molar-refractivity contribution in [2.75, 3.05) is 7.11 Å². The summed E-state index contributed by atoms with van der Waals surface area (Å²) in [4.78, 5) is 11.8. The first-order chi connectivity index (χ1) is 8.70. The molecule has 0 saturated heterocycles. The van der Waals surface area contributed by atoms with Crippen LogP contribution in [0.3, 0.4) is 0 Å². The van der Waals surface area contributed by atoms with E-state index in [-0.39, 0.29) is 11.0 Å². The van der Waals surface area contributed by atoms with Crippen LogP contribution in [0.5, 0.6) is 0 Å².